The second kappa shape index (κ2) is 9.58. The molecule has 2 heterocycles. The zero-order valence-corrected chi connectivity index (χ0v) is 19.5. The van der Waals surface area contributed by atoms with Crippen molar-refractivity contribution in [2.24, 2.45) is 0 Å². The summed E-state index contributed by atoms with van der Waals surface area (Å²) in [6.07, 6.45) is 4.06. The van der Waals surface area contributed by atoms with Crippen molar-refractivity contribution >= 4 is 23.2 Å². The van der Waals surface area contributed by atoms with Gasteiger partial charge in [0, 0.05) is 29.2 Å². The van der Waals surface area contributed by atoms with Gasteiger partial charge < -0.3 is 9.72 Å². The molecule has 0 aliphatic rings. The highest BCUT2D eigenvalue weighted by molar-refractivity contribution is 6.30. The predicted molar refractivity (Wildman–Crippen MR) is 132 cm³/mol. The van der Waals surface area contributed by atoms with Crippen LogP contribution >= 0.6 is 11.6 Å². The Morgan fingerprint density at radius 2 is 1.88 bits per heavy atom. The van der Waals surface area contributed by atoms with Crippen molar-refractivity contribution in [2.45, 2.75) is 46.1 Å². The van der Waals surface area contributed by atoms with Crippen molar-refractivity contribution in [3.63, 3.8) is 0 Å². The Balaban J connectivity index is 1.77. The number of halogens is 1. The smallest absolute Gasteiger partial charge is 0.220 e. The van der Waals surface area contributed by atoms with Crippen LogP contribution in [-0.2, 0) is 11.2 Å². The van der Waals surface area contributed by atoms with E-state index in [-0.39, 0.29) is 11.9 Å². The molecule has 4 aromatic rings. The lowest BCUT2D eigenvalue weighted by molar-refractivity contribution is -0.121. The second-order valence-electron chi connectivity index (χ2n) is 8.26. The maximum atomic E-state index is 12.5. The minimum absolute atomic E-state index is 0.0676. The molecule has 164 valence electrons. The van der Waals surface area contributed by atoms with Crippen molar-refractivity contribution in [1.29, 1.82) is 0 Å². The summed E-state index contributed by atoms with van der Waals surface area (Å²) in [7, 11) is 0. The Hall–Kier alpha value is -3.11. The number of hydrogen-bond donors (Lipinski definition) is 1. The van der Waals surface area contributed by atoms with Crippen LogP contribution in [0, 0.1) is 6.92 Å². The van der Waals surface area contributed by atoms with E-state index < -0.39 is 0 Å². The summed E-state index contributed by atoms with van der Waals surface area (Å²) in [5.74, 6) is 0.0676. The number of aryl methyl sites for hydroxylation is 2. The maximum Gasteiger partial charge on any atom is 0.220 e. The third-order valence-electron chi connectivity index (χ3n) is 5.87. The molecule has 0 spiro atoms. The van der Waals surface area contributed by atoms with Gasteiger partial charge in [-0.25, -0.2) is 4.98 Å². The van der Waals surface area contributed by atoms with Gasteiger partial charge in [-0.2, -0.15) is 0 Å². The summed E-state index contributed by atoms with van der Waals surface area (Å²) in [5.41, 5.74) is 7.23. The van der Waals surface area contributed by atoms with Crippen molar-refractivity contribution in [3.8, 4) is 22.4 Å². The molecule has 4 rings (SSSR count). The van der Waals surface area contributed by atoms with Gasteiger partial charge in [0.1, 0.15) is 5.65 Å². The van der Waals surface area contributed by atoms with E-state index >= 15 is 0 Å². The minimum atomic E-state index is 0.0676. The summed E-state index contributed by atoms with van der Waals surface area (Å²) in [6.45, 7) is 6.17. The quantitative estimate of drug-likeness (QED) is 0.354. The van der Waals surface area contributed by atoms with Crippen LogP contribution in [0.1, 0.15) is 37.9 Å². The van der Waals surface area contributed by atoms with Crippen molar-refractivity contribution in [2.75, 3.05) is 0 Å². The zero-order chi connectivity index (χ0) is 22.7. The zero-order valence-electron chi connectivity index (χ0n) is 18.7. The largest absolute Gasteiger partial charge is 0.354 e. The Bertz CT molecular complexity index is 1250. The first kappa shape index (κ1) is 22.1. The Kier molecular flexibility index (Phi) is 6.61. The molecule has 5 heteroatoms. The summed E-state index contributed by atoms with van der Waals surface area (Å²) in [5, 5.41) is 3.80. The van der Waals surface area contributed by atoms with Gasteiger partial charge in [-0.3, -0.25) is 4.79 Å². The third-order valence-corrected chi connectivity index (χ3v) is 6.11. The Morgan fingerprint density at radius 1 is 1.09 bits per heavy atom. The van der Waals surface area contributed by atoms with E-state index in [1.807, 2.05) is 49.4 Å². The Morgan fingerprint density at radius 3 is 2.59 bits per heavy atom. The summed E-state index contributed by atoms with van der Waals surface area (Å²) < 4.78 is 2.13. The lowest BCUT2D eigenvalue weighted by atomic mass is 10.0. The molecular formula is C27H28ClN3O. The molecule has 1 unspecified atom stereocenters. The number of imidazole rings is 1. The van der Waals surface area contributed by atoms with Gasteiger partial charge in [0.05, 0.1) is 11.4 Å². The van der Waals surface area contributed by atoms with Gasteiger partial charge in [0.15, 0.2) is 0 Å². The number of benzene rings is 2. The number of pyridine rings is 1. The van der Waals surface area contributed by atoms with E-state index in [0.29, 0.717) is 12.8 Å². The fraction of sp³-hybridized carbons (Fsp3) is 0.259. The molecule has 32 heavy (non-hydrogen) atoms. The van der Waals surface area contributed by atoms with E-state index in [2.05, 4.69) is 48.0 Å². The number of carbonyl (C=O) groups is 1. The lowest BCUT2D eigenvalue weighted by Crippen LogP contribution is -2.32. The molecule has 1 N–H and O–H groups in total. The van der Waals surface area contributed by atoms with Crippen LogP contribution in [0.3, 0.4) is 0 Å². The van der Waals surface area contributed by atoms with Gasteiger partial charge in [0.25, 0.3) is 0 Å². The first-order valence-corrected chi connectivity index (χ1v) is 11.5. The van der Waals surface area contributed by atoms with Crippen molar-refractivity contribution in [1.82, 2.24) is 14.7 Å². The average molecular weight is 446 g/mol. The number of nitrogens with one attached hydrogen (secondary N) is 1. The molecule has 4 nitrogen and oxygen atoms in total. The van der Waals surface area contributed by atoms with Crippen LogP contribution in [0.15, 0.2) is 66.9 Å². The molecule has 0 aliphatic heterocycles. The molecule has 0 radical (unpaired) electrons. The number of nitrogens with zero attached hydrogens (tertiary/aromatic N) is 2. The van der Waals surface area contributed by atoms with Crippen LogP contribution in [-0.4, -0.2) is 21.3 Å². The molecule has 0 bridgehead atoms. The third kappa shape index (κ3) is 4.71. The SMILES string of the molecule is CCC(C)NC(=O)CCc1c(-c2ccccc2)nc2ccc(-c3ccc(Cl)cc3C)cn12. The van der Waals surface area contributed by atoms with Crippen LogP contribution in [0.2, 0.25) is 5.02 Å². The van der Waals surface area contributed by atoms with Crippen LogP contribution in [0.5, 0.6) is 0 Å². The minimum Gasteiger partial charge on any atom is -0.354 e. The molecule has 0 fully saturated rings. The molecule has 2 aromatic carbocycles. The number of fused-ring (bicyclic) bond motifs is 1. The van der Waals surface area contributed by atoms with Gasteiger partial charge in [-0.05, 0) is 67.6 Å². The normalized spacial score (nSPS) is 12.1. The molecular weight excluding hydrogens is 418 g/mol. The van der Waals surface area contributed by atoms with Crippen LogP contribution in [0.4, 0.5) is 0 Å². The van der Waals surface area contributed by atoms with Crippen molar-refractivity contribution < 1.29 is 4.79 Å². The molecule has 0 aliphatic carbocycles. The highest BCUT2D eigenvalue weighted by Gasteiger charge is 2.17. The van der Waals surface area contributed by atoms with E-state index in [4.69, 9.17) is 16.6 Å². The molecule has 1 amide bonds. The van der Waals surface area contributed by atoms with Gasteiger partial charge in [-0.15, -0.1) is 0 Å². The van der Waals surface area contributed by atoms with Gasteiger partial charge in [-0.1, -0.05) is 54.9 Å². The molecule has 2 aromatic heterocycles. The van der Waals surface area contributed by atoms with E-state index in [9.17, 15) is 4.79 Å². The number of aromatic nitrogens is 2. The monoisotopic (exact) mass is 445 g/mol. The molecule has 1 atom stereocenters. The first-order valence-electron chi connectivity index (χ1n) is 11.1. The van der Waals surface area contributed by atoms with Crippen LogP contribution in [0.25, 0.3) is 28.0 Å². The molecule has 0 saturated heterocycles. The fourth-order valence-electron chi connectivity index (χ4n) is 3.95. The standard InChI is InChI=1S/C27H28ClN3O/c1-4-19(3)29-26(32)15-13-24-27(20-8-6-5-7-9-20)30-25-14-10-21(17-31(24)25)23-12-11-22(28)16-18(23)2/h5-12,14,16-17,19H,4,13,15H2,1-3H3,(H,29,32). The Labute approximate surface area is 194 Å². The summed E-state index contributed by atoms with van der Waals surface area (Å²) in [6, 6.07) is 20.4. The first-order chi connectivity index (χ1) is 15.5. The average Bonchev–Trinajstić information content (AvgIpc) is 3.16. The highest BCUT2D eigenvalue weighted by atomic mass is 35.5. The van der Waals surface area contributed by atoms with E-state index in [1.165, 1.54) is 0 Å². The summed E-state index contributed by atoms with van der Waals surface area (Å²) in [4.78, 5) is 17.4. The van der Waals surface area contributed by atoms with E-state index in [1.54, 1.807) is 0 Å². The van der Waals surface area contributed by atoms with Gasteiger partial charge in [0.2, 0.25) is 5.91 Å². The topological polar surface area (TPSA) is 46.4 Å². The second-order valence-corrected chi connectivity index (χ2v) is 8.69. The van der Waals surface area contributed by atoms with Crippen molar-refractivity contribution in [3.05, 3.63) is 83.1 Å². The van der Waals surface area contributed by atoms with E-state index in [0.717, 1.165) is 50.7 Å². The predicted octanol–water partition coefficient (Wildman–Crippen LogP) is 6.48. The number of rotatable bonds is 7. The highest BCUT2D eigenvalue weighted by Crippen LogP contribution is 2.30. The molecule has 0 saturated carbocycles. The van der Waals surface area contributed by atoms with Gasteiger partial charge >= 0.3 is 0 Å². The number of amides is 1. The lowest BCUT2D eigenvalue weighted by Gasteiger charge is -2.12. The number of hydrogen-bond acceptors (Lipinski definition) is 2. The fourth-order valence-corrected chi connectivity index (χ4v) is 4.18. The summed E-state index contributed by atoms with van der Waals surface area (Å²) >= 11 is 6.16. The number of carbonyl (C=O) groups excluding carboxylic acids is 1. The van der Waals surface area contributed by atoms with Crippen LogP contribution < -0.4 is 5.32 Å². The maximum absolute atomic E-state index is 12.5.